The summed E-state index contributed by atoms with van der Waals surface area (Å²) in [5.41, 5.74) is 10.1. The highest BCUT2D eigenvalue weighted by Gasteiger charge is 2.25. The largest absolute Gasteiger partial charge is 0.506 e. The van der Waals surface area contributed by atoms with E-state index in [1.54, 1.807) is 6.07 Å². The van der Waals surface area contributed by atoms with Gasteiger partial charge in [-0.25, -0.2) is 4.68 Å². The number of fused-ring (bicyclic) bond motifs is 1. The Hall–Kier alpha value is -1.81. The van der Waals surface area contributed by atoms with Crippen LogP contribution in [-0.2, 0) is 12.8 Å². The van der Waals surface area contributed by atoms with Crippen molar-refractivity contribution in [1.29, 1.82) is 0 Å². The number of phenolic OH excluding ortho intramolecular Hbond substituents is 1. The van der Waals surface area contributed by atoms with Gasteiger partial charge in [0.1, 0.15) is 11.4 Å². The maximum absolute atomic E-state index is 9.99. The molecule has 0 amide bonds. The van der Waals surface area contributed by atoms with Crippen molar-refractivity contribution in [1.82, 2.24) is 9.78 Å². The summed E-state index contributed by atoms with van der Waals surface area (Å²) >= 11 is 0. The monoisotopic (exact) mass is 257 g/mol. The minimum Gasteiger partial charge on any atom is -0.506 e. The Labute approximate surface area is 112 Å². The van der Waals surface area contributed by atoms with Gasteiger partial charge < -0.3 is 10.8 Å². The van der Waals surface area contributed by atoms with E-state index in [-0.39, 0.29) is 5.75 Å². The predicted octanol–water partition coefficient (Wildman–Crippen LogP) is 1.95. The summed E-state index contributed by atoms with van der Waals surface area (Å²) in [7, 11) is 0. The standard InChI is InChI=1S/C15H19N3O/c1-10-12-8-11(9-16)6-7-13(12)18(17-10)14-4-2-3-5-15(14)19/h2-5,11,19H,6-9,16H2,1H3. The molecule has 0 aliphatic heterocycles. The smallest absolute Gasteiger partial charge is 0.141 e. The number of aromatic hydroxyl groups is 1. The van der Waals surface area contributed by atoms with Crippen molar-refractivity contribution in [2.45, 2.75) is 26.2 Å². The van der Waals surface area contributed by atoms with Gasteiger partial charge in [-0.15, -0.1) is 0 Å². The molecule has 0 saturated carbocycles. The van der Waals surface area contributed by atoms with E-state index in [4.69, 9.17) is 5.73 Å². The molecule has 3 rings (SSSR count). The summed E-state index contributed by atoms with van der Waals surface area (Å²) in [6.07, 6.45) is 3.08. The molecule has 1 aliphatic carbocycles. The highest BCUT2D eigenvalue weighted by atomic mass is 16.3. The SMILES string of the molecule is Cc1nn(-c2ccccc2O)c2c1CC(CN)CC2. The van der Waals surface area contributed by atoms with Crippen LogP contribution >= 0.6 is 0 Å². The Balaban J connectivity index is 2.08. The number of nitrogens with zero attached hydrogens (tertiary/aromatic N) is 2. The van der Waals surface area contributed by atoms with Gasteiger partial charge in [0, 0.05) is 5.69 Å². The zero-order valence-electron chi connectivity index (χ0n) is 11.1. The lowest BCUT2D eigenvalue weighted by Gasteiger charge is -2.22. The minimum absolute atomic E-state index is 0.272. The number of phenols is 1. The zero-order chi connectivity index (χ0) is 13.4. The molecule has 1 aromatic heterocycles. The van der Waals surface area contributed by atoms with Gasteiger partial charge >= 0.3 is 0 Å². The zero-order valence-corrected chi connectivity index (χ0v) is 11.1. The number of benzene rings is 1. The van der Waals surface area contributed by atoms with Crippen molar-refractivity contribution in [2.24, 2.45) is 11.7 Å². The Morgan fingerprint density at radius 1 is 1.42 bits per heavy atom. The molecule has 0 saturated heterocycles. The summed E-state index contributed by atoms with van der Waals surface area (Å²) in [5, 5.41) is 14.6. The fraction of sp³-hybridized carbons (Fsp3) is 0.400. The molecule has 0 bridgehead atoms. The minimum atomic E-state index is 0.272. The third-order valence-corrected chi connectivity index (χ3v) is 4.02. The lowest BCUT2D eigenvalue weighted by Crippen LogP contribution is -2.23. The van der Waals surface area contributed by atoms with Crippen LogP contribution in [0, 0.1) is 12.8 Å². The molecule has 19 heavy (non-hydrogen) atoms. The van der Waals surface area contributed by atoms with Gasteiger partial charge in [-0.05, 0) is 56.3 Å². The van der Waals surface area contributed by atoms with E-state index in [9.17, 15) is 5.11 Å². The van der Waals surface area contributed by atoms with Crippen molar-refractivity contribution in [3.63, 3.8) is 0 Å². The molecule has 1 unspecified atom stereocenters. The summed E-state index contributed by atoms with van der Waals surface area (Å²) in [6, 6.07) is 7.34. The molecule has 1 heterocycles. The number of nitrogens with two attached hydrogens (primary N) is 1. The fourth-order valence-corrected chi connectivity index (χ4v) is 2.90. The van der Waals surface area contributed by atoms with Crippen molar-refractivity contribution in [2.75, 3.05) is 6.54 Å². The van der Waals surface area contributed by atoms with Crippen LogP contribution in [0.4, 0.5) is 0 Å². The van der Waals surface area contributed by atoms with E-state index in [0.717, 1.165) is 37.2 Å². The molecule has 100 valence electrons. The molecular weight excluding hydrogens is 238 g/mol. The number of rotatable bonds is 2. The molecule has 1 aliphatic rings. The Morgan fingerprint density at radius 2 is 2.21 bits per heavy atom. The van der Waals surface area contributed by atoms with Crippen molar-refractivity contribution >= 4 is 0 Å². The lowest BCUT2D eigenvalue weighted by atomic mass is 9.86. The van der Waals surface area contributed by atoms with Gasteiger partial charge in [0.25, 0.3) is 0 Å². The van der Waals surface area contributed by atoms with Crippen LogP contribution in [0.1, 0.15) is 23.4 Å². The van der Waals surface area contributed by atoms with Crippen molar-refractivity contribution in [3.05, 3.63) is 41.2 Å². The topological polar surface area (TPSA) is 64.1 Å². The lowest BCUT2D eigenvalue weighted by molar-refractivity contribution is 0.454. The first-order valence-electron chi connectivity index (χ1n) is 6.76. The van der Waals surface area contributed by atoms with Crippen LogP contribution in [0.25, 0.3) is 5.69 Å². The summed E-state index contributed by atoms with van der Waals surface area (Å²) in [6.45, 7) is 2.77. The molecular formula is C15H19N3O. The molecule has 1 aromatic carbocycles. The van der Waals surface area contributed by atoms with Gasteiger partial charge in [0.15, 0.2) is 0 Å². The van der Waals surface area contributed by atoms with Crippen molar-refractivity contribution in [3.8, 4) is 11.4 Å². The van der Waals surface area contributed by atoms with Gasteiger partial charge in [0.05, 0.1) is 5.69 Å². The summed E-state index contributed by atoms with van der Waals surface area (Å²) in [4.78, 5) is 0. The predicted molar refractivity (Wildman–Crippen MR) is 74.5 cm³/mol. The number of para-hydroxylation sites is 2. The van der Waals surface area contributed by atoms with Gasteiger partial charge in [-0.3, -0.25) is 0 Å². The van der Waals surface area contributed by atoms with Gasteiger partial charge in [0.2, 0.25) is 0 Å². The Kier molecular flexibility index (Phi) is 3.03. The van der Waals surface area contributed by atoms with Crippen LogP contribution < -0.4 is 5.73 Å². The van der Waals surface area contributed by atoms with Crippen molar-refractivity contribution < 1.29 is 5.11 Å². The van der Waals surface area contributed by atoms with Crippen LogP contribution in [0.15, 0.2) is 24.3 Å². The maximum atomic E-state index is 9.99. The highest BCUT2D eigenvalue weighted by molar-refractivity contribution is 5.48. The maximum Gasteiger partial charge on any atom is 0.141 e. The average molecular weight is 257 g/mol. The number of hydrogen-bond donors (Lipinski definition) is 2. The van der Waals surface area contributed by atoms with E-state index in [0.29, 0.717) is 5.92 Å². The van der Waals surface area contributed by atoms with E-state index in [2.05, 4.69) is 5.10 Å². The molecule has 0 fully saturated rings. The quantitative estimate of drug-likeness (QED) is 0.864. The van der Waals surface area contributed by atoms with Crippen LogP contribution in [0.3, 0.4) is 0 Å². The summed E-state index contributed by atoms with van der Waals surface area (Å²) < 4.78 is 1.90. The number of aryl methyl sites for hydroxylation is 1. The van der Waals surface area contributed by atoms with E-state index < -0.39 is 0 Å². The number of aromatic nitrogens is 2. The van der Waals surface area contributed by atoms with Crippen LogP contribution in [0.2, 0.25) is 0 Å². The normalized spacial score (nSPS) is 18.3. The third kappa shape index (κ3) is 2.02. The molecule has 2 aromatic rings. The third-order valence-electron chi connectivity index (χ3n) is 4.02. The Bertz CT molecular complexity index is 603. The second kappa shape index (κ2) is 4.70. The van der Waals surface area contributed by atoms with E-state index in [1.807, 2.05) is 29.8 Å². The van der Waals surface area contributed by atoms with E-state index >= 15 is 0 Å². The average Bonchev–Trinajstić information content (AvgIpc) is 2.76. The van der Waals surface area contributed by atoms with Crippen LogP contribution in [-0.4, -0.2) is 21.4 Å². The summed E-state index contributed by atoms with van der Waals surface area (Å²) in [5.74, 6) is 0.835. The first-order chi connectivity index (χ1) is 9.20. The second-order valence-electron chi connectivity index (χ2n) is 5.26. The fourth-order valence-electron chi connectivity index (χ4n) is 2.90. The second-order valence-corrected chi connectivity index (χ2v) is 5.26. The van der Waals surface area contributed by atoms with Crippen LogP contribution in [0.5, 0.6) is 5.75 Å². The molecule has 0 spiro atoms. The molecule has 1 atom stereocenters. The molecule has 3 N–H and O–H groups in total. The molecule has 4 heteroatoms. The first kappa shape index (κ1) is 12.2. The first-order valence-corrected chi connectivity index (χ1v) is 6.76. The molecule has 4 nitrogen and oxygen atoms in total. The van der Waals surface area contributed by atoms with Gasteiger partial charge in [-0.1, -0.05) is 12.1 Å². The van der Waals surface area contributed by atoms with Gasteiger partial charge in [-0.2, -0.15) is 5.10 Å². The number of hydrogen-bond acceptors (Lipinski definition) is 3. The van der Waals surface area contributed by atoms with E-state index in [1.165, 1.54) is 11.3 Å². The highest BCUT2D eigenvalue weighted by Crippen LogP contribution is 2.31. The molecule has 0 radical (unpaired) electrons. The Morgan fingerprint density at radius 3 is 2.95 bits per heavy atom.